The van der Waals surface area contributed by atoms with Crippen LogP contribution in [0.1, 0.15) is 44.9 Å². The molecule has 0 radical (unpaired) electrons. The molecule has 2 heterocycles. The zero-order valence-corrected chi connectivity index (χ0v) is 12.3. The van der Waals surface area contributed by atoms with E-state index in [1.807, 2.05) is 0 Å². The summed E-state index contributed by atoms with van der Waals surface area (Å²) in [7, 11) is 2.19. The molecule has 2 unspecified atom stereocenters. The third-order valence-corrected chi connectivity index (χ3v) is 4.44. The van der Waals surface area contributed by atoms with Gasteiger partial charge in [0.1, 0.15) is 0 Å². The van der Waals surface area contributed by atoms with Crippen LogP contribution >= 0.6 is 0 Å². The van der Waals surface area contributed by atoms with Crippen LogP contribution in [0.5, 0.6) is 0 Å². The summed E-state index contributed by atoms with van der Waals surface area (Å²) in [6.07, 6.45) is 8.09. The molecule has 0 bridgehead atoms. The lowest BCUT2D eigenvalue weighted by molar-refractivity contribution is -0.121. The maximum Gasteiger partial charge on any atom is 0.221 e. The van der Waals surface area contributed by atoms with Gasteiger partial charge >= 0.3 is 0 Å². The number of nitrogens with one attached hydrogen (secondary N) is 2. The van der Waals surface area contributed by atoms with Crippen LogP contribution in [0.4, 0.5) is 0 Å². The van der Waals surface area contributed by atoms with Crippen molar-refractivity contribution in [3.63, 3.8) is 0 Å². The Morgan fingerprint density at radius 2 is 2.21 bits per heavy atom. The number of piperidine rings is 2. The van der Waals surface area contributed by atoms with Gasteiger partial charge in [-0.15, -0.1) is 0 Å². The Kier molecular flexibility index (Phi) is 6.11. The fraction of sp³-hybridized carbons (Fsp3) is 0.933. The van der Waals surface area contributed by atoms with E-state index in [0.717, 1.165) is 31.8 Å². The van der Waals surface area contributed by atoms with Gasteiger partial charge in [-0.3, -0.25) is 4.79 Å². The number of nitrogens with zero attached hydrogens (tertiary/aromatic N) is 1. The van der Waals surface area contributed by atoms with E-state index < -0.39 is 0 Å². The summed E-state index contributed by atoms with van der Waals surface area (Å²) < 4.78 is 0. The molecule has 0 aliphatic carbocycles. The average Bonchev–Trinajstić information content (AvgIpc) is 2.40. The molecule has 0 aromatic rings. The Morgan fingerprint density at radius 3 is 2.95 bits per heavy atom. The highest BCUT2D eigenvalue weighted by Gasteiger charge is 2.18. The SMILES string of the molecule is CN1CCCC(CCNC(=O)CC2CCCCN2)C1. The lowest BCUT2D eigenvalue weighted by Crippen LogP contribution is -2.39. The third-order valence-electron chi connectivity index (χ3n) is 4.44. The number of likely N-dealkylation sites (tertiary alicyclic amines) is 1. The Hall–Kier alpha value is -0.610. The predicted molar refractivity (Wildman–Crippen MR) is 78.1 cm³/mol. The molecule has 2 atom stereocenters. The standard InChI is InChI=1S/C15H29N3O/c1-18-10-4-5-13(12-18)7-9-17-15(19)11-14-6-2-3-8-16-14/h13-14,16H,2-12H2,1H3,(H,17,19). The molecule has 4 nitrogen and oxygen atoms in total. The Morgan fingerprint density at radius 1 is 1.32 bits per heavy atom. The molecule has 110 valence electrons. The van der Waals surface area contributed by atoms with E-state index in [4.69, 9.17) is 0 Å². The number of rotatable bonds is 5. The van der Waals surface area contributed by atoms with Gasteiger partial charge in [0, 0.05) is 25.6 Å². The largest absolute Gasteiger partial charge is 0.356 e. The Labute approximate surface area is 117 Å². The van der Waals surface area contributed by atoms with E-state index in [-0.39, 0.29) is 5.91 Å². The topological polar surface area (TPSA) is 44.4 Å². The molecule has 2 N–H and O–H groups in total. The lowest BCUT2D eigenvalue weighted by Gasteiger charge is -2.29. The maximum atomic E-state index is 11.9. The second-order valence-electron chi connectivity index (χ2n) is 6.26. The van der Waals surface area contributed by atoms with E-state index in [1.165, 1.54) is 38.8 Å². The highest BCUT2D eigenvalue weighted by molar-refractivity contribution is 5.76. The number of amides is 1. The minimum Gasteiger partial charge on any atom is -0.356 e. The van der Waals surface area contributed by atoms with Crippen LogP contribution in [0.2, 0.25) is 0 Å². The van der Waals surface area contributed by atoms with Crippen molar-refractivity contribution in [2.75, 3.05) is 33.2 Å². The fourth-order valence-electron chi connectivity index (χ4n) is 3.32. The molecule has 2 fully saturated rings. The van der Waals surface area contributed by atoms with Crippen molar-refractivity contribution in [3.05, 3.63) is 0 Å². The summed E-state index contributed by atoms with van der Waals surface area (Å²) in [5, 5.41) is 6.52. The Balaban J connectivity index is 1.55. The number of carbonyl (C=O) groups excluding carboxylic acids is 1. The first-order valence-corrected chi connectivity index (χ1v) is 7.92. The van der Waals surface area contributed by atoms with Gasteiger partial charge in [0.2, 0.25) is 5.91 Å². The van der Waals surface area contributed by atoms with E-state index in [2.05, 4.69) is 22.6 Å². The molecule has 0 aromatic heterocycles. The van der Waals surface area contributed by atoms with Crippen LogP contribution < -0.4 is 10.6 Å². The van der Waals surface area contributed by atoms with Crippen molar-refractivity contribution >= 4 is 5.91 Å². The molecule has 0 saturated carbocycles. The van der Waals surface area contributed by atoms with Crippen molar-refractivity contribution in [2.45, 2.75) is 51.0 Å². The van der Waals surface area contributed by atoms with Gasteiger partial charge < -0.3 is 15.5 Å². The van der Waals surface area contributed by atoms with Gasteiger partial charge in [-0.25, -0.2) is 0 Å². The van der Waals surface area contributed by atoms with Crippen LogP contribution in [0, 0.1) is 5.92 Å². The molecule has 2 aliphatic rings. The molecular weight excluding hydrogens is 238 g/mol. The van der Waals surface area contributed by atoms with Crippen molar-refractivity contribution in [3.8, 4) is 0 Å². The van der Waals surface area contributed by atoms with Gasteiger partial charge in [-0.05, 0) is 58.2 Å². The summed E-state index contributed by atoms with van der Waals surface area (Å²) in [4.78, 5) is 14.3. The van der Waals surface area contributed by atoms with Crippen LogP contribution in [0.25, 0.3) is 0 Å². The van der Waals surface area contributed by atoms with Crippen LogP contribution in [-0.4, -0.2) is 50.1 Å². The van der Waals surface area contributed by atoms with Crippen molar-refractivity contribution in [2.24, 2.45) is 5.92 Å². The zero-order valence-electron chi connectivity index (χ0n) is 12.3. The molecule has 0 aromatic carbocycles. The van der Waals surface area contributed by atoms with Crippen LogP contribution in [-0.2, 0) is 4.79 Å². The second-order valence-corrected chi connectivity index (χ2v) is 6.26. The molecular formula is C15H29N3O. The van der Waals surface area contributed by atoms with Crippen molar-refractivity contribution < 1.29 is 4.79 Å². The van der Waals surface area contributed by atoms with Gasteiger partial charge in [-0.1, -0.05) is 6.42 Å². The van der Waals surface area contributed by atoms with E-state index in [9.17, 15) is 4.79 Å². The number of hydrogen-bond donors (Lipinski definition) is 2. The normalized spacial score (nSPS) is 29.1. The van der Waals surface area contributed by atoms with Crippen molar-refractivity contribution in [1.29, 1.82) is 0 Å². The minimum atomic E-state index is 0.226. The van der Waals surface area contributed by atoms with Crippen LogP contribution in [0.3, 0.4) is 0 Å². The number of carbonyl (C=O) groups is 1. The molecule has 4 heteroatoms. The maximum absolute atomic E-state index is 11.9. The van der Waals surface area contributed by atoms with E-state index >= 15 is 0 Å². The first-order valence-electron chi connectivity index (χ1n) is 7.92. The third kappa shape index (κ3) is 5.49. The monoisotopic (exact) mass is 267 g/mol. The zero-order chi connectivity index (χ0) is 13.5. The summed E-state index contributed by atoms with van der Waals surface area (Å²) in [5.41, 5.74) is 0. The molecule has 2 aliphatic heterocycles. The summed E-state index contributed by atoms with van der Waals surface area (Å²) >= 11 is 0. The van der Waals surface area contributed by atoms with Gasteiger partial charge in [0.25, 0.3) is 0 Å². The first-order chi connectivity index (χ1) is 9.24. The van der Waals surface area contributed by atoms with Gasteiger partial charge in [0.05, 0.1) is 0 Å². The Bertz CT molecular complexity index is 277. The average molecular weight is 267 g/mol. The van der Waals surface area contributed by atoms with Crippen LogP contribution in [0.15, 0.2) is 0 Å². The highest BCUT2D eigenvalue weighted by atomic mass is 16.1. The molecule has 2 rings (SSSR count). The molecule has 19 heavy (non-hydrogen) atoms. The fourth-order valence-corrected chi connectivity index (χ4v) is 3.32. The molecule has 0 spiro atoms. The molecule has 2 saturated heterocycles. The quantitative estimate of drug-likeness (QED) is 0.791. The summed E-state index contributed by atoms with van der Waals surface area (Å²) in [6.45, 7) is 4.35. The minimum absolute atomic E-state index is 0.226. The number of hydrogen-bond acceptors (Lipinski definition) is 3. The lowest BCUT2D eigenvalue weighted by atomic mass is 9.95. The summed E-state index contributed by atoms with van der Waals surface area (Å²) in [5.74, 6) is 0.996. The van der Waals surface area contributed by atoms with Gasteiger partial charge in [-0.2, -0.15) is 0 Å². The van der Waals surface area contributed by atoms with E-state index in [0.29, 0.717) is 12.5 Å². The summed E-state index contributed by atoms with van der Waals surface area (Å²) in [6, 6.07) is 0.412. The molecule has 1 amide bonds. The van der Waals surface area contributed by atoms with Crippen molar-refractivity contribution in [1.82, 2.24) is 15.5 Å². The predicted octanol–water partition coefficient (Wildman–Crippen LogP) is 1.37. The highest BCUT2D eigenvalue weighted by Crippen LogP contribution is 2.17. The van der Waals surface area contributed by atoms with Gasteiger partial charge in [0.15, 0.2) is 0 Å². The smallest absolute Gasteiger partial charge is 0.221 e. The second kappa shape index (κ2) is 7.85. The van der Waals surface area contributed by atoms with E-state index in [1.54, 1.807) is 0 Å². The first kappa shape index (κ1) is 14.8.